The lowest BCUT2D eigenvalue weighted by Crippen LogP contribution is -2.32. The number of imide groups is 1. The summed E-state index contributed by atoms with van der Waals surface area (Å²) in [5.74, 6) is 0.562. The molecular formula is C20H18BrNO5S. The minimum Gasteiger partial charge on any atom is -0.503 e. The third-order valence-electron chi connectivity index (χ3n) is 4.05. The number of carbonyl (C=O) groups is 2. The highest BCUT2D eigenvalue weighted by molar-refractivity contribution is 9.10. The number of hydrogen-bond acceptors (Lipinski definition) is 6. The molecular weight excluding hydrogens is 446 g/mol. The van der Waals surface area contributed by atoms with Crippen molar-refractivity contribution in [2.45, 2.75) is 6.92 Å². The van der Waals surface area contributed by atoms with E-state index in [1.54, 1.807) is 18.2 Å². The van der Waals surface area contributed by atoms with Crippen molar-refractivity contribution in [2.75, 3.05) is 20.3 Å². The number of amides is 2. The summed E-state index contributed by atoms with van der Waals surface area (Å²) in [4.78, 5) is 26.3. The Morgan fingerprint density at radius 2 is 1.93 bits per heavy atom. The zero-order valence-corrected chi connectivity index (χ0v) is 17.7. The van der Waals surface area contributed by atoms with Gasteiger partial charge in [-0.1, -0.05) is 17.7 Å². The molecule has 1 saturated heterocycles. The van der Waals surface area contributed by atoms with Gasteiger partial charge in [-0.2, -0.15) is 0 Å². The summed E-state index contributed by atoms with van der Waals surface area (Å²) in [7, 11) is 1.44. The van der Waals surface area contributed by atoms with Crippen molar-refractivity contribution in [1.29, 1.82) is 0 Å². The Labute approximate surface area is 175 Å². The third-order valence-corrected chi connectivity index (χ3v) is 5.56. The summed E-state index contributed by atoms with van der Waals surface area (Å²) in [6.45, 7) is 2.37. The van der Waals surface area contributed by atoms with Crippen LogP contribution in [-0.2, 0) is 4.79 Å². The monoisotopic (exact) mass is 463 g/mol. The Balaban J connectivity index is 1.68. The average molecular weight is 464 g/mol. The number of phenolic OH excluding ortho intramolecular Hbond substituents is 1. The Hall–Kier alpha value is -2.45. The number of ether oxygens (including phenoxy) is 2. The molecule has 2 aromatic rings. The van der Waals surface area contributed by atoms with Crippen molar-refractivity contribution in [3.05, 3.63) is 56.9 Å². The van der Waals surface area contributed by atoms with Crippen LogP contribution in [0.5, 0.6) is 17.2 Å². The molecule has 146 valence electrons. The summed E-state index contributed by atoms with van der Waals surface area (Å²) >= 11 is 4.11. The largest absolute Gasteiger partial charge is 0.503 e. The number of carbonyl (C=O) groups excluding carboxylic acids is 2. The van der Waals surface area contributed by atoms with Gasteiger partial charge >= 0.3 is 0 Å². The number of thioether (sulfide) groups is 1. The van der Waals surface area contributed by atoms with E-state index in [0.717, 1.165) is 22.2 Å². The molecule has 2 amide bonds. The zero-order valence-electron chi connectivity index (χ0n) is 15.3. The van der Waals surface area contributed by atoms with Crippen LogP contribution < -0.4 is 9.47 Å². The number of nitrogens with zero attached hydrogens (tertiary/aromatic N) is 1. The summed E-state index contributed by atoms with van der Waals surface area (Å²) < 4.78 is 11.1. The van der Waals surface area contributed by atoms with Crippen LogP contribution in [-0.4, -0.2) is 41.4 Å². The molecule has 28 heavy (non-hydrogen) atoms. The van der Waals surface area contributed by atoms with E-state index in [-0.39, 0.29) is 35.8 Å². The molecule has 8 heteroatoms. The van der Waals surface area contributed by atoms with E-state index in [9.17, 15) is 14.7 Å². The van der Waals surface area contributed by atoms with Gasteiger partial charge < -0.3 is 14.6 Å². The molecule has 0 aliphatic carbocycles. The number of rotatable bonds is 6. The van der Waals surface area contributed by atoms with E-state index in [1.165, 1.54) is 7.11 Å². The maximum absolute atomic E-state index is 12.6. The van der Waals surface area contributed by atoms with Crippen LogP contribution in [0.1, 0.15) is 11.1 Å². The maximum Gasteiger partial charge on any atom is 0.293 e. The number of aryl methyl sites for hydroxylation is 1. The van der Waals surface area contributed by atoms with Gasteiger partial charge in [-0.3, -0.25) is 14.5 Å². The average Bonchev–Trinajstić information content (AvgIpc) is 2.93. The first-order chi connectivity index (χ1) is 13.4. The van der Waals surface area contributed by atoms with Gasteiger partial charge in [0, 0.05) is 0 Å². The molecule has 2 aromatic carbocycles. The summed E-state index contributed by atoms with van der Waals surface area (Å²) in [5, 5.41) is 9.54. The number of halogens is 1. The normalized spacial score (nSPS) is 15.4. The predicted octanol–water partition coefficient (Wildman–Crippen LogP) is 4.59. The van der Waals surface area contributed by atoms with Gasteiger partial charge in [-0.05, 0) is 70.5 Å². The Morgan fingerprint density at radius 1 is 1.21 bits per heavy atom. The van der Waals surface area contributed by atoms with Gasteiger partial charge in [0.1, 0.15) is 12.4 Å². The van der Waals surface area contributed by atoms with Crippen molar-refractivity contribution >= 4 is 44.9 Å². The minimum absolute atomic E-state index is 0.0268. The molecule has 0 unspecified atom stereocenters. The molecule has 6 nitrogen and oxygen atoms in total. The zero-order chi connectivity index (χ0) is 20.3. The molecule has 1 N–H and O–H groups in total. The second-order valence-electron chi connectivity index (χ2n) is 6.05. The van der Waals surface area contributed by atoms with Crippen LogP contribution in [0, 0.1) is 6.92 Å². The van der Waals surface area contributed by atoms with Gasteiger partial charge in [0.05, 0.1) is 23.0 Å². The lowest BCUT2D eigenvalue weighted by Gasteiger charge is -2.13. The smallest absolute Gasteiger partial charge is 0.293 e. The molecule has 0 atom stereocenters. The van der Waals surface area contributed by atoms with E-state index in [0.29, 0.717) is 20.7 Å². The fourth-order valence-electron chi connectivity index (χ4n) is 2.57. The minimum atomic E-state index is -0.370. The van der Waals surface area contributed by atoms with E-state index < -0.39 is 0 Å². The third kappa shape index (κ3) is 4.51. The van der Waals surface area contributed by atoms with Crippen LogP contribution in [0.3, 0.4) is 0 Å². The van der Waals surface area contributed by atoms with Crippen LogP contribution in [0.4, 0.5) is 4.79 Å². The van der Waals surface area contributed by atoms with Gasteiger partial charge in [-0.15, -0.1) is 0 Å². The highest BCUT2D eigenvalue weighted by Gasteiger charge is 2.34. The first kappa shape index (κ1) is 20.3. The molecule has 0 aromatic heterocycles. The SMILES string of the molecule is COc1cc(/C=C2\SC(=O)N(CCOc3ccc(C)cc3)C2=O)cc(Br)c1O. The van der Waals surface area contributed by atoms with Crippen molar-refractivity contribution in [3.63, 3.8) is 0 Å². The number of methoxy groups -OCH3 is 1. The van der Waals surface area contributed by atoms with E-state index in [2.05, 4.69) is 15.9 Å². The molecule has 1 aliphatic heterocycles. The van der Waals surface area contributed by atoms with Crippen LogP contribution >= 0.6 is 27.7 Å². The lowest BCUT2D eigenvalue weighted by molar-refractivity contribution is -0.123. The van der Waals surface area contributed by atoms with Crippen molar-refractivity contribution in [2.24, 2.45) is 0 Å². The summed E-state index contributed by atoms with van der Waals surface area (Å²) in [6.07, 6.45) is 1.60. The Kier molecular flexibility index (Phi) is 6.31. The van der Waals surface area contributed by atoms with E-state index >= 15 is 0 Å². The van der Waals surface area contributed by atoms with E-state index in [1.807, 2.05) is 31.2 Å². The fourth-order valence-corrected chi connectivity index (χ4v) is 3.89. The lowest BCUT2D eigenvalue weighted by atomic mass is 10.2. The number of hydrogen-bond donors (Lipinski definition) is 1. The summed E-state index contributed by atoms with van der Waals surface area (Å²) in [5.41, 5.74) is 1.75. The molecule has 0 radical (unpaired) electrons. The van der Waals surface area contributed by atoms with Gasteiger partial charge in [-0.25, -0.2) is 0 Å². The molecule has 0 spiro atoms. The maximum atomic E-state index is 12.6. The van der Waals surface area contributed by atoms with Gasteiger partial charge in [0.2, 0.25) is 0 Å². The first-order valence-corrected chi connectivity index (χ1v) is 10.0. The van der Waals surface area contributed by atoms with Crippen molar-refractivity contribution < 1.29 is 24.2 Å². The number of benzene rings is 2. The highest BCUT2D eigenvalue weighted by Crippen LogP contribution is 2.38. The van der Waals surface area contributed by atoms with Crippen LogP contribution in [0.2, 0.25) is 0 Å². The number of phenols is 1. The quantitative estimate of drug-likeness (QED) is 0.631. The Morgan fingerprint density at radius 3 is 2.61 bits per heavy atom. The molecule has 1 aliphatic rings. The van der Waals surface area contributed by atoms with Crippen LogP contribution in [0.15, 0.2) is 45.8 Å². The molecule has 1 fully saturated rings. The van der Waals surface area contributed by atoms with Gasteiger partial charge in [0.15, 0.2) is 11.5 Å². The molecule has 0 saturated carbocycles. The van der Waals surface area contributed by atoms with Crippen LogP contribution in [0.25, 0.3) is 6.08 Å². The highest BCUT2D eigenvalue weighted by atomic mass is 79.9. The Bertz CT molecular complexity index is 942. The van der Waals surface area contributed by atoms with Crippen molar-refractivity contribution in [3.8, 4) is 17.2 Å². The molecule has 3 rings (SSSR count). The van der Waals surface area contributed by atoms with Gasteiger partial charge in [0.25, 0.3) is 11.1 Å². The predicted molar refractivity (Wildman–Crippen MR) is 112 cm³/mol. The van der Waals surface area contributed by atoms with E-state index in [4.69, 9.17) is 9.47 Å². The number of aromatic hydroxyl groups is 1. The second kappa shape index (κ2) is 8.70. The fraction of sp³-hybridized carbons (Fsp3) is 0.200. The van der Waals surface area contributed by atoms with Crippen molar-refractivity contribution in [1.82, 2.24) is 4.90 Å². The standard InChI is InChI=1S/C20H18BrNO5S/c1-12-3-5-14(6-4-12)27-8-7-22-19(24)17(28-20(22)25)11-13-9-15(21)18(23)16(10-13)26-2/h3-6,9-11,23H,7-8H2,1-2H3/b17-11-. The first-order valence-electron chi connectivity index (χ1n) is 8.40. The molecule has 0 bridgehead atoms. The summed E-state index contributed by atoms with van der Waals surface area (Å²) in [6, 6.07) is 10.8. The molecule has 1 heterocycles. The second-order valence-corrected chi connectivity index (χ2v) is 7.90. The topological polar surface area (TPSA) is 76.1 Å².